The number of hydrogen-bond acceptors (Lipinski definition) is 5. The summed E-state index contributed by atoms with van der Waals surface area (Å²) in [6, 6.07) is 21.7. The number of thiophene rings is 1. The molecule has 1 fully saturated rings. The smallest absolute Gasteiger partial charge is 0.251 e. The van der Waals surface area contributed by atoms with Crippen molar-refractivity contribution in [3.63, 3.8) is 0 Å². The fraction of sp³-hybridized carbons (Fsp3) is 0.292. The van der Waals surface area contributed by atoms with E-state index in [2.05, 4.69) is 27.7 Å². The Hall–Kier alpha value is -2.67. The zero-order chi connectivity index (χ0) is 20.6. The van der Waals surface area contributed by atoms with Crippen molar-refractivity contribution in [1.29, 1.82) is 0 Å². The Bertz CT molecular complexity index is 925. The first-order valence-electron chi connectivity index (χ1n) is 10.2. The average Bonchev–Trinajstić information content (AvgIpc) is 3.34. The molecule has 1 amide bonds. The van der Waals surface area contributed by atoms with Crippen molar-refractivity contribution in [2.45, 2.75) is 12.6 Å². The maximum atomic E-state index is 12.8. The molecule has 0 saturated carbocycles. The standard InChI is InChI=1S/C24H26N2O3S/c27-24(20-8-4-9-21(16-20)29-18-19-6-2-1-3-7-19)25-17-22(23-10-5-15-30-23)26-11-13-28-14-12-26/h1-10,15-16,22H,11-14,17-18H2,(H,25,27)/t22-/m1/s1. The first kappa shape index (κ1) is 20.6. The van der Waals surface area contributed by atoms with Gasteiger partial charge in [-0.05, 0) is 35.2 Å². The number of nitrogens with zero attached hydrogens (tertiary/aromatic N) is 1. The van der Waals surface area contributed by atoms with Crippen LogP contribution in [0.15, 0.2) is 72.1 Å². The van der Waals surface area contributed by atoms with E-state index in [0.717, 1.165) is 31.9 Å². The Morgan fingerprint density at radius 3 is 2.67 bits per heavy atom. The third-order valence-electron chi connectivity index (χ3n) is 5.16. The molecule has 5 nitrogen and oxygen atoms in total. The Morgan fingerprint density at radius 1 is 1.07 bits per heavy atom. The predicted octanol–water partition coefficient (Wildman–Crippen LogP) is 4.13. The van der Waals surface area contributed by atoms with Crippen LogP contribution in [0, 0.1) is 0 Å². The van der Waals surface area contributed by atoms with Crippen LogP contribution in [0.4, 0.5) is 0 Å². The first-order valence-corrected chi connectivity index (χ1v) is 11.1. The summed E-state index contributed by atoms with van der Waals surface area (Å²) in [6.45, 7) is 4.26. The third kappa shape index (κ3) is 5.48. The highest BCUT2D eigenvalue weighted by Crippen LogP contribution is 2.25. The second-order valence-electron chi connectivity index (χ2n) is 7.19. The lowest BCUT2D eigenvalue weighted by molar-refractivity contribution is 0.0169. The quantitative estimate of drug-likeness (QED) is 0.593. The molecule has 0 bridgehead atoms. The van der Waals surface area contributed by atoms with Gasteiger partial charge in [0.2, 0.25) is 0 Å². The maximum absolute atomic E-state index is 12.8. The van der Waals surface area contributed by atoms with E-state index in [4.69, 9.17) is 9.47 Å². The van der Waals surface area contributed by atoms with E-state index in [1.165, 1.54) is 4.88 Å². The summed E-state index contributed by atoms with van der Waals surface area (Å²) in [7, 11) is 0. The van der Waals surface area contributed by atoms with Gasteiger partial charge in [0.05, 0.1) is 19.3 Å². The van der Waals surface area contributed by atoms with Gasteiger partial charge in [-0.15, -0.1) is 11.3 Å². The summed E-state index contributed by atoms with van der Waals surface area (Å²) in [5, 5.41) is 5.20. The van der Waals surface area contributed by atoms with Gasteiger partial charge >= 0.3 is 0 Å². The molecule has 1 aliphatic heterocycles. The van der Waals surface area contributed by atoms with E-state index >= 15 is 0 Å². The number of benzene rings is 2. The summed E-state index contributed by atoms with van der Waals surface area (Å²) in [4.78, 5) is 16.5. The lowest BCUT2D eigenvalue weighted by Gasteiger charge is -2.34. The molecule has 0 unspecified atom stereocenters. The highest BCUT2D eigenvalue weighted by atomic mass is 32.1. The van der Waals surface area contributed by atoms with E-state index in [-0.39, 0.29) is 11.9 Å². The fourth-order valence-corrected chi connectivity index (χ4v) is 4.40. The van der Waals surface area contributed by atoms with Gasteiger partial charge in [0.15, 0.2) is 0 Å². The Kier molecular flexibility index (Phi) is 7.13. The van der Waals surface area contributed by atoms with Crippen LogP contribution in [-0.2, 0) is 11.3 Å². The van der Waals surface area contributed by atoms with Crippen LogP contribution in [0.1, 0.15) is 26.8 Å². The molecule has 1 saturated heterocycles. The Labute approximate surface area is 181 Å². The molecule has 30 heavy (non-hydrogen) atoms. The number of morpholine rings is 1. The van der Waals surface area contributed by atoms with Crippen molar-refractivity contribution in [1.82, 2.24) is 10.2 Å². The van der Waals surface area contributed by atoms with Crippen LogP contribution in [-0.4, -0.2) is 43.7 Å². The van der Waals surface area contributed by atoms with Crippen LogP contribution in [0.2, 0.25) is 0 Å². The monoisotopic (exact) mass is 422 g/mol. The molecule has 4 rings (SSSR count). The van der Waals surface area contributed by atoms with E-state index in [0.29, 0.717) is 24.5 Å². The molecule has 156 valence electrons. The van der Waals surface area contributed by atoms with Gasteiger partial charge in [-0.25, -0.2) is 0 Å². The fourth-order valence-electron chi connectivity index (χ4n) is 3.54. The molecule has 0 radical (unpaired) electrons. The van der Waals surface area contributed by atoms with Crippen LogP contribution in [0.5, 0.6) is 5.75 Å². The first-order chi connectivity index (χ1) is 14.8. The molecule has 1 aliphatic rings. The molecular formula is C24H26N2O3S. The molecule has 6 heteroatoms. The van der Waals surface area contributed by atoms with E-state index < -0.39 is 0 Å². The zero-order valence-electron chi connectivity index (χ0n) is 16.8. The second kappa shape index (κ2) is 10.4. The minimum atomic E-state index is -0.0880. The van der Waals surface area contributed by atoms with Gasteiger partial charge in [-0.1, -0.05) is 42.5 Å². The van der Waals surface area contributed by atoms with E-state index in [1.54, 1.807) is 17.4 Å². The van der Waals surface area contributed by atoms with Crippen molar-refractivity contribution >= 4 is 17.2 Å². The topological polar surface area (TPSA) is 50.8 Å². The minimum absolute atomic E-state index is 0.0880. The normalized spacial score (nSPS) is 15.5. The van der Waals surface area contributed by atoms with Crippen LogP contribution >= 0.6 is 11.3 Å². The molecule has 2 heterocycles. The van der Waals surface area contributed by atoms with Crippen molar-refractivity contribution in [3.8, 4) is 5.75 Å². The number of amides is 1. The molecule has 3 aromatic rings. The molecule has 0 aliphatic carbocycles. The lowest BCUT2D eigenvalue weighted by Crippen LogP contribution is -2.43. The zero-order valence-corrected chi connectivity index (χ0v) is 17.6. The van der Waals surface area contributed by atoms with Crippen LogP contribution < -0.4 is 10.1 Å². The highest BCUT2D eigenvalue weighted by Gasteiger charge is 2.24. The summed E-state index contributed by atoms with van der Waals surface area (Å²) < 4.78 is 11.4. The maximum Gasteiger partial charge on any atom is 0.251 e. The highest BCUT2D eigenvalue weighted by molar-refractivity contribution is 7.10. The number of carbonyl (C=O) groups excluding carboxylic acids is 1. The van der Waals surface area contributed by atoms with E-state index in [1.807, 2.05) is 48.5 Å². The molecule has 0 spiro atoms. The second-order valence-corrected chi connectivity index (χ2v) is 8.17. The van der Waals surface area contributed by atoms with E-state index in [9.17, 15) is 4.79 Å². The predicted molar refractivity (Wildman–Crippen MR) is 119 cm³/mol. The number of nitrogens with one attached hydrogen (secondary N) is 1. The summed E-state index contributed by atoms with van der Waals surface area (Å²) in [5.41, 5.74) is 1.70. The van der Waals surface area contributed by atoms with Gasteiger partial charge in [0.25, 0.3) is 5.91 Å². The largest absolute Gasteiger partial charge is 0.489 e. The van der Waals surface area contributed by atoms with Crippen molar-refractivity contribution in [2.75, 3.05) is 32.8 Å². The Morgan fingerprint density at radius 2 is 1.90 bits per heavy atom. The number of rotatable bonds is 8. The van der Waals surface area contributed by atoms with Gasteiger partial charge in [-0.3, -0.25) is 9.69 Å². The minimum Gasteiger partial charge on any atom is -0.489 e. The van der Waals surface area contributed by atoms with Crippen molar-refractivity contribution in [2.24, 2.45) is 0 Å². The average molecular weight is 423 g/mol. The molecule has 1 aromatic heterocycles. The van der Waals surface area contributed by atoms with Crippen LogP contribution in [0.25, 0.3) is 0 Å². The SMILES string of the molecule is O=C(NC[C@H](c1cccs1)N1CCOCC1)c1cccc(OCc2ccccc2)c1. The lowest BCUT2D eigenvalue weighted by atomic mass is 10.1. The van der Waals surface area contributed by atoms with Crippen LogP contribution in [0.3, 0.4) is 0 Å². The van der Waals surface area contributed by atoms with Gasteiger partial charge in [-0.2, -0.15) is 0 Å². The molecule has 2 aromatic carbocycles. The number of ether oxygens (including phenoxy) is 2. The summed E-state index contributed by atoms with van der Waals surface area (Å²) >= 11 is 1.73. The molecule has 1 N–H and O–H groups in total. The summed E-state index contributed by atoms with van der Waals surface area (Å²) in [6.07, 6.45) is 0. The number of hydrogen-bond donors (Lipinski definition) is 1. The molecule has 1 atom stereocenters. The Balaban J connectivity index is 1.37. The van der Waals surface area contributed by atoms with Gasteiger partial charge < -0.3 is 14.8 Å². The van der Waals surface area contributed by atoms with Gasteiger partial charge in [0, 0.05) is 30.1 Å². The number of carbonyl (C=O) groups is 1. The van der Waals surface area contributed by atoms with Crippen molar-refractivity contribution in [3.05, 3.63) is 88.1 Å². The van der Waals surface area contributed by atoms with Crippen molar-refractivity contribution < 1.29 is 14.3 Å². The van der Waals surface area contributed by atoms with Gasteiger partial charge in [0.1, 0.15) is 12.4 Å². The summed E-state index contributed by atoms with van der Waals surface area (Å²) in [5.74, 6) is 0.601. The third-order valence-corrected chi connectivity index (χ3v) is 6.13. The molecular weight excluding hydrogens is 396 g/mol.